The van der Waals surface area contributed by atoms with Crippen LogP contribution in [0, 0.1) is 6.92 Å². The van der Waals surface area contributed by atoms with Crippen LogP contribution in [0.15, 0.2) is 28.6 Å². The molecule has 1 aliphatic rings. The monoisotopic (exact) mass is 529 g/mol. The molecule has 1 aromatic carbocycles. The van der Waals surface area contributed by atoms with E-state index in [1.807, 2.05) is 6.07 Å². The number of anilines is 1. The van der Waals surface area contributed by atoms with Gasteiger partial charge in [0.05, 0.1) is 12.8 Å². The minimum atomic E-state index is 0. The minimum Gasteiger partial charge on any atom is -0.496 e. The molecule has 3 rings (SSSR count). The Labute approximate surface area is 195 Å². The molecular formula is C21H32IN5OS. The second kappa shape index (κ2) is 12.2. The van der Waals surface area contributed by atoms with Gasteiger partial charge in [-0.25, -0.2) is 4.98 Å². The Kier molecular flexibility index (Phi) is 9.99. The van der Waals surface area contributed by atoms with Crippen LogP contribution in [0.4, 0.5) is 5.13 Å². The molecule has 2 aromatic rings. The Morgan fingerprint density at radius 1 is 1.21 bits per heavy atom. The summed E-state index contributed by atoms with van der Waals surface area (Å²) in [4.78, 5) is 11.5. The highest BCUT2D eigenvalue weighted by Gasteiger charge is 2.15. The molecule has 2 heterocycles. The Morgan fingerprint density at radius 3 is 2.62 bits per heavy atom. The zero-order chi connectivity index (χ0) is 19.8. The molecule has 0 radical (unpaired) electrons. The Bertz CT molecular complexity index is 789. The molecule has 1 aliphatic heterocycles. The van der Waals surface area contributed by atoms with Crippen molar-refractivity contribution in [3.05, 3.63) is 40.4 Å². The third-order valence-electron chi connectivity index (χ3n) is 4.94. The van der Waals surface area contributed by atoms with Crippen LogP contribution in [-0.4, -0.2) is 51.3 Å². The van der Waals surface area contributed by atoms with Crippen molar-refractivity contribution in [2.24, 2.45) is 4.99 Å². The molecule has 0 atom stereocenters. The summed E-state index contributed by atoms with van der Waals surface area (Å²) >= 11 is 1.76. The van der Waals surface area contributed by atoms with Crippen LogP contribution < -0.4 is 20.3 Å². The van der Waals surface area contributed by atoms with Crippen LogP contribution in [-0.2, 0) is 12.8 Å². The molecule has 0 bridgehead atoms. The number of halogens is 1. The predicted octanol–water partition coefficient (Wildman–Crippen LogP) is 3.63. The van der Waals surface area contributed by atoms with Gasteiger partial charge in [0.25, 0.3) is 0 Å². The maximum atomic E-state index is 5.45. The number of ether oxygens (including phenoxy) is 1. The van der Waals surface area contributed by atoms with Crippen LogP contribution in [0.1, 0.15) is 29.7 Å². The molecular weight excluding hydrogens is 497 g/mol. The minimum absolute atomic E-state index is 0. The summed E-state index contributed by atoms with van der Waals surface area (Å²) in [6, 6.07) is 6.28. The molecule has 0 amide bonds. The summed E-state index contributed by atoms with van der Waals surface area (Å²) in [5, 5.41) is 10.1. The van der Waals surface area contributed by atoms with Gasteiger partial charge in [-0.2, -0.15) is 0 Å². The number of aliphatic imine (C=N–C) groups is 1. The smallest absolute Gasteiger partial charge is 0.190 e. The van der Waals surface area contributed by atoms with Gasteiger partial charge < -0.3 is 20.3 Å². The maximum absolute atomic E-state index is 5.45. The molecule has 1 saturated heterocycles. The van der Waals surface area contributed by atoms with Crippen molar-refractivity contribution < 1.29 is 4.74 Å². The second-order valence-electron chi connectivity index (χ2n) is 7.06. The predicted molar refractivity (Wildman–Crippen MR) is 133 cm³/mol. The van der Waals surface area contributed by atoms with Gasteiger partial charge in [0.2, 0.25) is 0 Å². The van der Waals surface area contributed by atoms with Gasteiger partial charge in [-0.1, -0.05) is 17.7 Å². The van der Waals surface area contributed by atoms with Crippen molar-refractivity contribution in [3.63, 3.8) is 0 Å². The van der Waals surface area contributed by atoms with Crippen LogP contribution in [0.2, 0.25) is 0 Å². The lowest BCUT2D eigenvalue weighted by molar-refractivity contribution is 0.409. The molecule has 0 aliphatic carbocycles. The van der Waals surface area contributed by atoms with E-state index < -0.39 is 0 Å². The average Bonchev–Trinajstić information content (AvgIpc) is 3.38. The van der Waals surface area contributed by atoms with Crippen molar-refractivity contribution >= 4 is 46.4 Å². The zero-order valence-corrected chi connectivity index (χ0v) is 20.7. The van der Waals surface area contributed by atoms with Gasteiger partial charge in [-0.15, -0.1) is 35.3 Å². The van der Waals surface area contributed by atoms with E-state index in [0.717, 1.165) is 56.4 Å². The summed E-state index contributed by atoms with van der Waals surface area (Å²) in [6.07, 6.45) is 4.35. The molecule has 1 aromatic heterocycles. The molecule has 0 spiro atoms. The van der Waals surface area contributed by atoms with Crippen molar-refractivity contribution in [1.82, 2.24) is 15.6 Å². The molecule has 0 unspecified atom stereocenters. The number of guanidine groups is 1. The Hall–Kier alpha value is -1.55. The van der Waals surface area contributed by atoms with Crippen molar-refractivity contribution in [2.75, 3.05) is 45.2 Å². The lowest BCUT2D eigenvalue weighted by Gasteiger charge is -2.13. The standard InChI is InChI=1S/C21H31N5OS.HI/c1-16-6-7-19(27-3)17(14-16)8-10-23-20(22-2)24-11-9-18-15-28-21(25-18)26-12-4-5-13-26;/h6-7,14-15H,4-5,8-13H2,1-3H3,(H2,22,23,24);1H. The summed E-state index contributed by atoms with van der Waals surface area (Å²) in [7, 11) is 3.52. The van der Waals surface area contributed by atoms with Crippen LogP contribution >= 0.6 is 35.3 Å². The molecule has 29 heavy (non-hydrogen) atoms. The molecule has 2 N–H and O–H groups in total. The van der Waals surface area contributed by atoms with Gasteiger partial charge in [0.1, 0.15) is 5.75 Å². The molecule has 160 valence electrons. The third kappa shape index (κ3) is 7.02. The van der Waals surface area contributed by atoms with E-state index in [-0.39, 0.29) is 24.0 Å². The summed E-state index contributed by atoms with van der Waals surface area (Å²) < 4.78 is 5.45. The first-order chi connectivity index (χ1) is 13.7. The SMILES string of the molecule is CN=C(NCCc1csc(N2CCCC2)n1)NCCc1cc(C)ccc1OC.I. The number of hydrogen-bond donors (Lipinski definition) is 2. The highest BCUT2D eigenvalue weighted by molar-refractivity contribution is 14.0. The van der Waals surface area contributed by atoms with E-state index in [2.05, 4.69) is 45.0 Å². The number of aromatic nitrogens is 1. The molecule has 6 nitrogen and oxygen atoms in total. The number of nitrogens with one attached hydrogen (secondary N) is 2. The fourth-order valence-corrected chi connectivity index (χ4v) is 4.33. The van der Waals surface area contributed by atoms with Crippen LogP contribution in [0.5, 0.6) is 5.75 Å². The van der Waals surface area contributed by atoms with E-state index in [9.17, 15) is 0 Å². The quantitative estimate of drug-likeness (QED) is 0.311. The number of rotatable bonds is 8. The zero-order valence-electron chi connectivity index (χ0n) is 17.5. The highest BCUT2D eigenvalue weighted by Crippen LogP contribution is 2.24. The van der Waals surface area contributed by atoms with Gasteiger partial charge in [0.15, 0.2) is 11.1 Å². The fraction of sp³-hybridized carbons (Fsp3) is 0.524. The number of hydrogen-bond acceptors (Lipinski definition) is 5. The van der Waals surface area contributed by atoms with E-state index >= 15 is 0 Å². The maximum Gasteiger partial charge on any atom is 0.190 e. The summed E-state index contributed by atoms with van der Waals surface area (Å²) in [5.74, 6) is 1.76. The second-order valence-corrected chi connectivity index (χ2v) is 7.89. The first kappa shape index (κ1) is 23.7. The van der Waals surface area contributed by atoms with Gasteiger partial charge >= 0.3 is 0 Å². The fourth-order valence-electron chi connectivity index (χ4n) is 3.41. The van der Waals surface area contributed by atoms with Crippen molar-refractivity contribution in [1.29, 1.82) is 0 Å². The number of benzene rings is 1. The third-order valence-corrected chi connectivity index (χ3v) is 5.89. The number of nitrogens with zero attached hydrogens (tertiary/aromatic N) is 3. The van der Waals surface area contributed by atoms with Crippen molar-refractivity contribution in [2.45, 2.75) is 32.6 Å². The lowest BCUT2D eigenvalue weighted by atomic mass is 10.1. The number of aryl methyl sites for hydroxylation is 1. The van der Waals surface area contributed by atoms with Gasteiger partial charge in [-0.3, -0.25) is 4.99 Å². The first-order valence-electron chi connectivity index (χ1n) is 9.97. The van der Waals surface area contributed by atoms with Gasteiger partial charge in [0, 0.05) is 45.0 Å². The molecule has 1 fully saturated rings. The number of thiazole rings is 1. The first-order valence-corrected chi connectivity index (χ1v) is 10.8. The van der Waals surface area contributed by atoms with E-state index in [0.29, 0.717) is 0 Å². The van der Waals surface area contributed by atoms with Crippen LogP contribution in [0.3, 0.4) is 0 Å². The normalized spacial score (nSPS) is 13.9. The van der Waals surface area contributed by atoms with Gasteiger partial charge in [-0.05, 0) is 37.8 Å². The van der Waals surface area contributed by atoms with E-state index in [1.54, 1.807) is 25.5 Å². The summed E-state index contributed by atoms with van der Waals surface area (Å²) in [5.41, 5.74) is 3.61. The highest BCUT2D eigenvalue weighted by atomic mass is 127. The Morgan fingerprint density at radius 2 is 1.93 bits per heavy atom. The van der Waals surface area contributed by atoms with E-state index in [1.165, 1.54) is 29.1 Å². The molecule has 8 heteroatoms. The lowest BCUT2D eigenvalue weighted by Crippen LogP contribution is -2.39. The molecule has 0 saturated carbocycles. The van der Waals surface area contributed by atoms with Crippen molar-refractivity contribution in [3.8, 4) is 5.75 Å². The summed E-state index contributed by atoms with van der Waals surface area (Å²) in [6.45, 7) is 6.01. The topological polar surface area (TPSA) is 61.8 Å². The average molecular weight is 529 g/mol. The Balaban J connectivity index is 0.00000300. The largest absolute Gasteiger partial charge is 0.496 e. The number of methoxy groups -OCH3 is 1. The van der Waals surface area contributed by atoms with Crippen LogP contribution in [0.25, 0.3) is 0 Å². The van der Waals surface area contributed by atoms with E-state index in [4.69, 9.17) is 9.72 Å².